The third-order valence-electron chi connectivity index (χ3n) is 2.40. The first-order valence-corrected chi connectivity index (χ1v) is 5.95. The Balaban J connectivity index is 3.09. The minimum atomic E-state index is -4.34. The maximum absolute atomic E-state index is 13.3. The summed E-state index contributed by atoms with van der Waals surface area (Å²) >= 11 is 5.58. The second-order valence-corrected chi connectivity index (χ2v) is 4.56. The SMILES string of the molecule is CC(C)N(CC(F)(F)F)c1cc(F)cc(CCl)c1. The summed E-state index contributed by atoms with van der Waals surface area (Å²) in [5.74, 6) is -0.529. The van der Waals surface area contributed by atoms with Crippen molar-refractivity contribution < 1.29 is 17.6 Å². The molecule has 0 heterocycles. The third kappa shape index (κ3) is 4.37. The van der Waals surface area contributed by atoms with E-state index in [2.05, 4.69) is 0 Å². The average molecular weight is 284 g/mol. The molecular weight excluding hydrogens is 270 g/mol. The molecule has 0 N–H and O–H groups in total. The zero-order valence-electron chi connectivity index (χ0n) is 10.1. The van der Waals surface area contributed by atoms with Crippen LogP contribution in [0.3, 0.4) is 0 Å². The fourth-order valence-electron chi connectivity index (χ4n) is 1.64. The Morgan fingerprint density at radius 3 is 2.28 bits per heavy atom. The molecule has 102 valence electrons. The van der Waals surface area contributed by atoms with E-state index < -0.39 is 24.6 Å². The van der Waals surface area contributed by atoms with Crippen LogP contribution < -0.4 is 4.90 Å². The van der Waals surface area contributed by atoms with Crippen LogP contribution in [0.5, 0.6) is 0 Å². The second kappa shape index (κ2) is 5.78. The summed E-state index contributed by atoms with van der Waals surface area (Å²) in [5.41, 5.74) is 0.650. The Kier molecular flexibility index (Phi) is 4.85. The summed E-state index contributed by atoms with van der Waals surface area (Å²) in [4.78, 5) is 1.10. The van der Waals surface area contributed by atoms with E-state index in [1.807, 2.05) is 0 Å². The van der Waals surface area contributed by atoms with E-state index in [1.165, 1.54) is 12.1 Å². The van der Waals surface area contributed by atoms with Gasteiger partial charge in [-0.3, -0.25) is 0 Å². The summed E-state index contributed by atoms with van der Waals surface area (Å²) in [6.07, 6.45) is -4.34. The summed E-state index contributed by atoms with van der Waals surface area (Å²) in [5, 5.41) is 0. The van der Waals surface area contributed by atoms with Crippen LogP contribution in [-0.4, -0.2) is 18.8 Å². The van der Waals surface area contributed by atoms with E-state index in [9.17, 15) is 17.6 Å². The number of alkyl halides is 4. The Morgan fingerprint density at radius 2 is 1.83 bits per heavy atom. The lowest BCUT2D eigenvalue weighted by Crippen LogP contribution is -2.39. The minimum Gasteiger partial charge on any atom is -0.360 e. The lowest BCUT2D eigenvalue weighted by molar-refractivity contribution is -0.120. The third-order valence-corrected chi connectivity index (χ3v) is 2.71. The molecule has 0 radical (unpaired) electrons. The number of halogens is 5. The highest BCUT2D eigenvalue weighted by molar-refractivity contribution is 6.17. The Hall–Kier alpha value is -0.970. The van der Waals surface area contributed by atoms with Gasteiger partial charge in [0.2, 0.25) is 0 Å². The first-order chi connectivity index (χ1) is 8.23. The first-order valence-electron chi connectivity index (χ1n) is 5.42. The highest BCUT2D eigenvalue weighted by atomic mass is 35.5. The first kappa shape index (κ1) is 15.1. The van der Waals surface area contributed by atoms with Crippen LogP contribution in [0, 0.1) is 5.82 Å². The molecular formula is C12H14ClF4N. The Labute approximate surface area is 108 Å². The topological polar surface area (TPSA) is 3.24 Å². The molecule has 0 aliphatic rings. The summed E-state index contributed by atoms with van der Waals surface area (Å²) in [7, 11) is 0. The normalized spacial score (nSPS) is 12.0. The van der Waals surface area contributed by atoms with Gasteiger partial charge >= 0.3 is 6.18 Å². The molecule has 1 aromatic rings. The monoisotopic (exact) mass is 283 g/mol. The number of nitrogens with zero attached hydrogens (tertiary/aromatic N) is 1. The molecule has 1 nitrogen and oxygen atoms in total. The van der Waals surface area contributed by atoms with Gasteiger partial charge in [0, 0.05) is 17.6 Å². The van der Waals surface area contributed by atoms with Crippen LogP contribution in [0.2, 0.25) is 0 Å². The lowest BCUT2D eigenvalue weighted by atomic mass is 10.1. The zero-order chi connectivity index (χ0) is 13.9. The fraction of sp³-hybridized carbons (Fsp3) is 0.500. The molecule has 0 atom stereocenters. The standard InChI is InChI=1S/C12H14ClF4N/c1-8(2)18(7-12(15,16)17)11-4-9(6-13)3-10(14)5-11/h3-5,8H,6-7H2,1-2H3. The average Bonchev–Trinajstić information content (AvgIpc) is 2.23. The molecule has 0 saturated heterocycles. The number of anilines is 1. The molecule has 0 fully saturated rings. The molecule has 0 spiro atoms. The highest BCUT2D eigenvalue weighted by Gasteiger charge is 2.32. The van der Waals surface area contributed by atoms with Crippen molar-refractivity contribution in [3.05, 3.63) is 29.6 Å². The molecule has 18 heavy (non-hydrogen) atoms. The van der Waals surface area contributed by atoms with Crippen molar-refractivity contribution in [2.24, 2.45) is 0 Å². The van der Waals surface area contributed by atoms with Crippen LogP contribution in [0.1, 0.15) is 19.4 Å². The van der Waals surface area contributed by atoms with E-state index in [1.54, 1.807) is 13.8 Å². The molecule has 0 bridgehead atoms. The molecule has 1 rings (SSSR count). The maximum atomic E-state index is 13.3. The smallest absolute Gasteiger partial charge is 0.360 e. The quantitative estimate of drug-likeness (QED) is 0.587. The zero-order valence-corrected chi connectivity index (χ0v) is 10.8. The molecule has 0 aromatic heterocycles. The van der Waals surface area contributed by atoms with Gasteiger partial charge in [0.05, 0.1) is 0 Å². The van der Waals surface area contributed by atoms with Crippen LogP contribution in [0.4, 0.5) is 23.2 Å². The summed E-state index contributed by atoms with van der Waals surface area (Å²) in [6, 6.07) is 3.38. The van der Waals surface area contributed by atoms with Crippen molar-refractivity contribution in [1.29, 1.82) is 0 Å². The van der Waals surface area contributed by atoms with Crippen LogP contribution >= 0.6 is 11.6 Å². The molecule has 0 aliphatic carbocycles. The van der Waals surface area contributed by atoms with Gasteiger partial charge in [-0.15, -0.1) is 11.6 Å². The van der Waals surface area contributed by atoms with Gasteiger partial charge in [0.1, 0.15) is 12.4 Å². The molecule has 0 amide bonds. The molecule has 1 aromatic carbocycles. The fourth-order valence-corrected chi connectivity index (χ4v) is 1.80. The van der Waals surface area contributed by atoms with Crippen molar-refractivity contribution in [2.75, 3.05) is 11.4 Å². The van der Waals surface area contributed by atoms with Gasteiger partial charge in [0.25, 0.3) is 0 Å². The summed E-state index contributed by atoms with van der Waals surface area (Å²) in [6.45, 7) is 2.13. The van der Waals surface area contributed by atoms with E-state index in [4.69, 9.17) is 11.6 Å². The molecule has 0 saturated carbocycles. The number of rotatable bonds is 4. The maximum Gasteiger partial charge on any atom is 0.405 e. The molecule has 0 unspecified atom stereocenters. The van der Waals surface area contributed by atoms with Crippen molar-refractivity contribution >= 4 is 17.3 Å². The number of hydrogen-bond acceptors (Lipinski definition) is 1. The predicted molar refractivity (Wildman–Crippen MR) is 64.5 cm³/mol. The van der Waals surface area contributed by atoms with Crippen LogP contribution in [0.25, 0.3) is 0 Å². The second-order valence-electron chi connectivity index (χ2n) is 4.29. The van der Waals surface area contributed by atoms with Gasteiger partial charge in [-0.2, -0.15) is 13.2 Å². The minimum absolute atomic E-state index is 0.0582. The van der Waals surface area contributed by atoms with Gasteiger partial charge in [0.15, 0.2) is 0 Å². The van der Waals surface area contributed by atoms with E-state index in [-0.39, 0.29) is 11.6 Å². The predicted octanol–water partition coefficient (Wildman–Crippen LogP) is 4.34. The van der Waals surface area contributed by atoms with Crippen LogP contribution in [-0.2, 0) is 5.88 Å². The van der Waals surface area contributed by atoms with E-state index in [0.717, 1.165) is 11.0 Å². The van der Waals surface area contributed by atoms with Crippen LogP contribution in [0.15, 0.2) is 18.2 Å². The summed E-state index contributed by atoms with van der Waals surface area (Å²) < 4.78 is 50.7. The number of benzene rings is 1. The van der Waals surface area contributed by atoms with Gasteiger partial charge < -0.3 is 4.90 Å². The van der Waals surface area contributed by atoms with Gasteiger partial charge in [-0.1, -0.05) is 0 Å². The van der Waals surface area contributed by atoms with E-state index in [0.29, 0.717) is 5.56 Å². The Morgan fingerprint density at radius 1 is 1.22 bits per heavy atom. The van der Waals surface area contributed by atoms with E-state index >= 15 is 0 Å². The lowest BCUT2D eigenvalue weighted by Gasteiger charge is -2.30. The van der Waals surface area contributed by atoms with Gasteiger partial charge in [-0.05, 0) is 37.6 Å². The van der Waals surface area contributed by atoms with Crippen molar-refractivity contribution in [2.45, 2.75) is 31.9 Å². The Bertz CT molecular complexity index is 404. The number of hydrogen-bond donors (Lipinski definition) is 0. The van der Waals surface area contributed by atoms with Crippen molar-refractivity contribution in [3.8, 4) is 0 Å². The highest BCUT2D eigenvalue weighted by Crippen LogP contribution is 2.26. The molecule has 6 heteroatoms. The van der Waals surface area contributed by atoms with Crippen molar-refractivity contribution in [1.82, 2.24) is 0 Å². The largest absolute Gasteiger partial charge is 0.405 e. The van der Waals surface area contributed by atoms with Crippen molar-refractivity contribution in [3.63, 3.8) is 0 Å². The molecule has 0 aliphatic heterocycles. The van der Waals surface area contributed by atoms with Gasteiger partial charge in [-0.25, -0.2) is 4.39 Å².